The molecule has 0 aliphatic heterocycles. The van der Waals surface area contributed by atoms with Gasteiger partial charge in [-0.1, -0.05) is 103 Å². The van der Waals surface area contributed by atoms with Gasteiger partial charge in [-0.2, -0.15) is 0 Å². The van der Waals surface area contributed by atoms with Crippen molar-refractivity contribution in [3.63, 3.8) is 0 Å². The minimum absolute atomic E-state index is 0.287. The molecular formula is C28H31N3O2S2. The summed E-state index contributed by atoms with van der Waals surface area (Å²) in [5.74, 6) is 0.580. The lowest BCUT2D eigenvalue weighted by atomic mass is 10.0. The van der Waals surface area contributed by atoms with Crippen molar-refractivity contribution in [1.82, 2.24) is 14.3 Å². The van der Waals surface area contributed by atoms with Crippen LogP contribution in [0.3, 0.4) is 0 Å². The van der Waals surface area contributed by atoms with Gasteiger partial charge in [0, 0.05) is 30.0 Å². The number of aromatic nitrogens is 2. The first-order valence-corrected chi connectivity index (χ1v) is 14.4. The first-order valence-electron chi connectivity index (χ1n) is 11.9. The summed E-state index contributed by atoms with van der Waals surface area (Å²) in [4.78, 5) is 5.35. The van der Waals surface area contributed by atoms with Crippen molar-refractivity contribution in [3.8, 4) is 22.5 Å². The molecule has 1 N–H and O–H groups in total. The molecule has 0 atom stereocenters. The molecule has 0 fully saturated rings. The van der Waals surface area contributed by atoms with Crippen LogP contribution in [-0.2, 0) is 16.6 Å². The SMILES string of the molecule is CCCCn1c(SCCNS(=O)(=O)c2ccc(C)cc2)nc(-c2ccccc2)c1-c1ccccc1. The van der Waals surface area contributed by atoms with E-state index in [1.54, 1.807) is 23.9 Å². The molecule has 1 heterocycles. The molecular weight excluding hydrogens is 474 g/mol. The van der Waals surface area contributed by atoms with Crippen LogP contribution >= 0.6 is 11.8 Å². The Balaban J connectivity index is 1.59. The third kappa shape index (κ3) is 6.23. The number of benzene rings is 3. The summed E-state index contributed by atoms with van der Waals surface area (Å²) in [6, 6.07) is 27.5. The van der Waals surface area contributed by atoms with Crippen LogP contribution in [-0.4, -0.2) is 30.3 Å². The minimum Gasteiger partial charge on any atom is -0.318 e. The van der Waals surface area contributed by atoms with Crippen LogP contribution in [0, 0.1) is 6.92 Å². The number of imidazole rings is 1. The number of nitrogens with zero attached hydrogens (tertiary/aromatic N) is 2. The fraction of sp³-hybridized carbons (Fsp3) is 0.250. The Hall–Kier alpha value is -2.87. The van der Waals surface area contributed by atoms with Crippen molar-refractivity contribution in [2.75, 3.05) is 12.3 Å². The van der Waals surface area contributed by atoms with Crippen molar-refractivity contribution >= 4 is 21.8 Å². The van der Waals surface area contributed by atoms with Crippen molar-refractivity contribution in [3.05, 3.63) is 90.5 Å². The normalized spacial score (nSPS) is 11.6. The van der Waals surface area contributed by atoms with E-state index in [9.17, 15) is 8.42 Å². The third-order valence-electron chi connectivity index (χ3n) is 5.72. The van der Waals surface area contributed by atoms with Gasteiger partial charge < -0.3 is 4.57 Å². The molecule has 3 aromatic carbocycles. The Morgan fingerprint density at radius 2 is 1.51 bits per heavy atom. The van der Waals surface area contributed by atoms with Crippen LogP contribution < -0.4 is 4.72 Å². The van der Waals surface area contributed by atoms with Gasteiger partial charge in [-0.3, -0.25) is 0 Å². The molecule has 182 valence electrons. The van der Waals surface area contributed by atoms with E-state index in [0.29, 0.717) is 12.3 Å². The summed E-state index contributed by atoms with van der Waals surface area (Å²) >= 11 is 1.59. The average Bonchev–Trinajstić information content (AvgIpc) is 3.25. The van der Waals surface area contributed by atoms with Gasteiger partial charge in [0.05, 0.1) is 16.3 Å². The zero-order chi connectivity index (χ0) is 24.7. The second kappa shape index (κ2) is 11.7. The quantitative estimate of drug-likeness (QED) is 0.189. The minimum atomic E-state index is -3.54. The Morgan fingerprint density at radius 1 is 0.886 bits per heavy atom. The summed E-state index contributed by atoms with van der Waals surface area (Å²) in [5.41, 5.74) is 5.29. The number of aryl methyl sites for hydroxylation is 1. The molecule has 0 saturated heterocycles. The lowest BCUT2D eigenvalue weighted by molar-refractivity contribution is 0.583. The van der Waals surface area contributed by atoms with E-state index >= 15 is 0 Å². The summed E-state index contributed by atoms with van der Waals surface area (Å²) in [5, 5.41) is 0.908. The standard InChI is InChI=1S/C28H31N3O2S2/c1-3-4-20-31-27(24-13-9-6-10-14-24)26(23-11-7-5-8-12-23)30-28(31)34-21-19-29-35(32,33)25-17-15-22(2)16-18-25/h5-18,29H,3-4,19-21H2,1-2H3. The number of rotatable bonds is 11. The molecule has 0 saturated carbocycles. The maximum atomic E-state index is 12.7. The van der Waals surface area contributed by atoms with Crippen LogP contribution in [0.2, 0.25) is 0 Å². The molecule has 0 unspecified atom stereocenters. The molecule has 5 nitrogen and oxygen atoms in total. The van der Waals surface area contributed by atoms with Crippen LogP contribution in [0.4, 0.5) is 0 Å². The number of hydrogen-bond donors (Lipinski definition) is 1. The van der Waals surface area contributed by atoms with E-state index < -0.39 is 10.0 Å². The lowest BCUT2D eigenvalue weighted by Crippen LogP contribution is -2.26. The lowest BCUT2D eigenvalue weighted by Gasteiger charge is -2.13. The van der Waals surface area contributed by atoms with Gasteiger partial charge in [0.15, 0.2) is 5.16 Å². The first-order chi connectivity index (χ1) is 17.0. The molecule has 7 heteroatoms. The molecule has 4 aromatic rings. The van der Waals surface area contributed by atoms with Gasteiger partial charge in [-0.05, 0) is 25.5 Å². The second-order valence-electron chi connectivity index (χ2n) is 8.39. The van der Waals surface area contributed by atoms with Crippen molar-refractivity contribution < 1.29 is 8.42 Å². The van der Waals surface area contributed by atoms with Gasteiger partial charge in [0.2, 0.25) is 10.0 Å². The summed E-state index contributed by atoms with van der Waals surface area (Å²) < 4.78 is 30.3. The van der Waals surface area contributed by atoms with Crippen molar-refractivity contribution in [2.45, 2.75) is 43.3 Å². The second-order valence-corrected chi connectivity index (χ2v) is 11.2. The highest BCUT2D eigenvalue weighted by Gasteiger charge is 2.20. The summed E-state index contributed by atoms with van der Waals surface area (Å²) in [6.07, 6.45) is 2.12. The maximum Gasteiger partial charge on any atom is 0.240 e. The number of nitrogens with one attached hydrogen (secondary N) is 1. The molecule has 0 bridgehead atoms. The highest BCUT2D eigenvalue weighted by molar-refractivity contribution is 7.99. The molecule has 0 aliphatic rings. The molecule has 0 spiro atoms. The van der Waals surface area contributed by atoms with Gasteiger partial charge in [0.25, 0.3) is 0 Å². The zero-order valence-corrected chi connectivity index (χ0v) is 21.8. The number of unbranched alkanes of at least 4 members (excludes halogenated alkanes) is 1. The Morgan fingerprint density at radius 3 is 2.14 bits per heavy atom. The fourth-order valence-corrected chi connectivity index (χ4v) is 5.91. The molecule has 0 amide bonds. The van der Waals surface area contributed by atoms with Crippen LogP contribution in [0.15, 0.2) is 95.0 Å². The van der Waals surface area contributed by atoms with Crippen molar-refractivity contribution in [2.24, 2.45) is 0 Å². The van der Waals surface area contributed by atoms with E-state index in [2.05, 4.69) is 40.5 Å². The van der Waals surface area contributed by atoms with Gasteiger partial charge in [-0.25, -0.2) is 18.1 Å². The van der Waals surface area contributed by atoms with Crippen LogP contribution in [0.1, 0.15) is 25.3 Å². The third-order valence-corrected chi connectivity index (χ3v) is 8.17. The predicted octanol–water partition coefficient (Wildman–Crippen LogP) is 6.40. The molecule has 1 aromatic heterocycles. The highest BCUT2D eigenvalue weighted by atomic mass is 32.2. The number of thioether (sulfide) groups is 1. The predicted molar refractivity (Wildman–Crippen MR) is 145 cm³/mol. The smallest absolute Gasteiger partial charge is 0.240 e. The summed E-state index contributed by atoms with van der Waals surface area (Å²) in [7, 11) is -3.54. The Labute approximate surface area is 212 Å². The largest absolute Gasteiger partial charge is 0.318 e. The zero-order valence-electron chi connectivity index (χ0n) is 20.1. The fourth-order valence-electron chi connectivity index (χ4n) is 3.87. The van der Waals surface area contributed by atoms with E-state index in [-0.39, 0.29) is 4.90 Å². The van der Waals surface area contributed by atoms with Gasteiger partial charge in [-0.15, -0.1) is 0 Å². The maximum absolute atomic E-state index is 12.7. The Bertz CT molecular complexity index is 1330. The van der Waals surface area contributed by atoms with Crippen LogP contribution in [0.25, 0.3) is 22.5 Å². The number of sulfonamides is 1. The van der Waals surface area contributed by atoms with Gasteiger partial charge in [0.1, 0.15) is 0 Å². The first kappa shape index (κ1) is 25.2. The number of hydrogen-bond acceptors (Lipinski definition) is 4. The Kier molecular flexibility index (Phi) is 8.44. The van der Waals surface area contributed by atoms with E-state index in [0.717, 1.165) is 52.6 Å². The monoisotopic (exact) mass is 505 g/mol. The molecule has 0 radical (unpaired) electrons. The van der Waals surface area contributed by atoms with E-state index in [1.165, 1.54) is 0 Å². The molecule has 0 aliphatic carbocycles. The van der Waals surface area contributed by atoms with E-state index in [1.807, 2.05) is 55.5 Å². The topological polar surface area (TPSA) is 64.0 Å². The molecule has 4 rings (SSSR count). The van der Waals surface area contributed by atoms with Crippen LogP contribution in [0.5, 0.6) is 0 Å². The summed E-state index contributed by atoms with van der Waals surface area (Å²) in [6.45, 7) is 5.30. The molecule has 35 heavy (non-hydrogen) atoms. The van der Waals surface area contributed by atoms with Gasteiger partial charge >= 0.3 is 0 Å². The average molecular weight is 506 g/mol. The highest BCUT2D eigenvalue weighted by Crippen LogP contribution is 2.36. The van der Waals surface area contributed by atoms with Crippen molar-refractivity contribution in [1.29, 1.82) is 0 Å². The van der Waals surface area contributed by atoms with E-state index in [4.69, 9.17) is 4.98 Å².